The first-order valence-corrected chi connectivity index (χ1v) is 7.42. The van der Waals surface area contributed by atoms with E-state index in [4.69, 9.17) is 5.73 Å². The third kappa shape index (κ3) is 3.61. The van der Waals surface area contributed by atoms with Crippen LogP contribution in [0.5, 0.6) is 0 Å². The minimum absolute atomic E-state index is 0.0803. The molecule has 0 bridgehead atoms. The Kier molecular flexibility index (Phi) is 4.96. The topological polar surface area (TPSA) is 75.4 Å². The van der Waals surface area contributed by atoms with Gasteiger partial charge in [0.05, 0.1) is 11.1 Å². The molecule has 0 spiro atoms. The fourth-order valence-corrected chi connectivity index (χ4v) is 2.59. The second kappa shape index (κ2) is 6.72. The SMILES string of the molecule is CC(C)CNCCCN1Cc2cccc(C(N)=O)c2C1=O. The Morgan fingerprint density at radius 2 is 2.19 bits per heavy atom. The summed E-state index contributed by atoms with van der Waals surface area (Å²) in [7, 11) is 0. The molecule has 3 N–H and O–H groups in total. The molecule has 1 aliphatic rings. The molecule has 0 atom stereocenters. The van der Waals surface area contributed by atoms with E-state index in [0.29, 0.717) is 30.1 Å². The van der Waals surface area contributed by atoms with Gasteiger partial charge in [-0.2, -0.15) is 0 Å². The first kappa shape index (κ1) is 15.5. The molecule has 0 unspecified atom stereocenters. The molecule has 21 heavy (non-hydrogen) atoms. The van der Waals surface area contributed by atoms with Crippen molar-refractivity contribution in [2.45, 2.75) is 26.8 Å². The predicted molar refractivity (Wildman–Crippen MR) is 82.0 cm³/mol. The van der Waals surface area contributed by atoms with Crippen molar-refractivity contribution in [3.8, 4) is 0 Å². The molecule has 0 aliphatic carbocycles. The third-order valence-corrected chi connectivity index (χ3v) is 3.61. The molecule has 2 amide bonds. The normalized spacial score (nSPS) is 13.9. The summed E-state index contributed by atoms with van der Waals surface area (Å²) < 4.78 is 0. The van der Waals surface area contributed by atoms with Gasteiger partial charge in [0.25, 0.3) is 5.91 Å². The van der Waals surface area contributed by atoms with E-state index in [-0.39, 0.29) is 5.91 Å². The molecule has 0 aromatic heterocycles. The summed E-state index contributed by atoms with van der Waals surface area (Å²) in [5, 5.41) is 3.36. The average molecular weight is 289 g/mol. The Morgan fingerprint density at radius 1 is 1.43 bits per heavy atom. The van der Waals surface area contributed by atoms with Crippen LogP contribution in [0, 0.1) is 5.92 Å². The molecular formula is C16H23N3O2. The van der Waals surface area contributed by atoms with Crippen LogP contribution in [-0.4, -0.2) is 36.3 Å². The Bertz CT molecular complexity index is 540. The van der Waals surface area contributed by atoms with Crippen LogP contribution in [0.25, 0.3) is 0 Å². The Labute approximate surface area is 125 Å². The fraction of sp³-hybridized carbons (Fsp3) is 0.500. The van der Waals surface area contributed by atoms with Crippen molar-refractivity contribution in [2.75, 3.05) is 19.6 Å². The third-order valence-electron chi connectivity index (χ3n) is 3.61. The van der Waals surface area contributed by atoms with E-state index in [9.17, 15) is 9.59 Å². The van der Waals surface area contributed by atoms with Crippen LogP contribution in [0.1, 0.15) is 46.5 Å². The number of rotatable bonds is 7. The number of hydrogen-bond acceptors (Lipinski definition) is 3. The van der Waals surface area contributed by atoms with Crippen LogP contribution in [0.2, 0.25) is 0 Å². The number of carbonyl (C=O) groups excluding carboxylic acids is 2. The van der Waals surface area contributed by atoms with E-state index in [2.05, 4.69) is 19.2 Å². The van der Waals surface area contributed by atoms with Gasteiger partial charge >= 0.3 is 0 Å². The van der Waals surface area contributed by atoms with Gasteiger partial charge in [0, 0.05) is 13.1 Å². The number of nitrogens with zero attached hydrogens (tertiary/aromatic N) is 1. The number of nitrogens with one attached hydrogen (secondary N) is 1. The summed E-state index contributed by atoms with van der Waals surface area (Å²) in [5.74, 6) is 0.00436. The van der Waals surface area contributed by atoms with Gasteiger partial charge in [-0.3, -0.25) is 9.59 Å². The van der Waals surface area contributed by atoms with Gasteiger partial charge in [0.15, 0.2) is 0 Å². The quantitative estimate of drug-likeness (QED) is 0.745. The van der Waals surface area contributed by atoms with Crippen molar-refractivity contribution in [3.63, 3.8) is 0 Å². The van der Waals surface area contributed by atoms with Crippen LogP contribution >= 0.6 is 0 Å². The van der Waals surface area contributed by atoms with Crippen molar-refractivity contribution in [2.24, 2.45) is 11.7 Å². The zero-order chi connectivity index (χ0) is 15.4. The molecule has 0 fully saturated rings. The standard InChI is InChI=1S/C16H23N3O2/c1-11(2)9-18-7-4-8-19-10-12-5-3-6-13(15(17)20)14(12)16(19)21/h3,5-6,11,18H,4,7-10H2,1-2H3,(H2,17,20). The van der Waals surface area contributed by atoms with Gasteiger partial charge in [0.2, 0.25) is 5.91 Å². The smallest absolute Gasteiger partial charge is 0.255 e. The lowest BCUT2D eigenvalue weighted by atomic mass is 10.0. The lowest BCUT2D eigenvalue weighted by Crippen LogP contribution is -2.29. The van der Waals surface area contributed by atoms with Crippen molar-refractivity contribution in [1.82, 2.24) is 10.2 Å². The highest BCUT2D eigenvalue weighted by molar-refractivity contribution is 6.09. The summed E-state index contributed by atoms with van der Waals surface area (Å²) in [6.07, 6.45) is 0.901. The van der Waals surface area contributed by atoms with E-state index < -0.39 is 5.91 Å². The summed E-state index contributed by atoms with van der Waals surface area (Å²) in [6, 6.07) is 5.28. The molecule has 5 nitrogen and oxygen atoms in total. The Morgan fingerprint density at radius 3 is 2.86 bits per heavy atom. The zero-order valence-electron chi connectivity index (χ0n) is 12.7. The molecule has 0 saturated carbocycles. The number of carbonyl (C=O) groups is 2. The largest absolute Gasteiger partial charge is 0.366 e. The minimum Gasteiger partial charge on any atom is -0.366 e. The highest BCUT2D eigenvalue weighted by atomic mass is 16.2. The number of amides is 2. The zero-order valence-corrected chi connectivity index (χ0v) is 12.7. The lowest BCUT2D eigenvalue weighted by molar-refractivity contribution is 0.0772. The molecule has 2 rings (SSSR count). The van der Waals surface area contributed by atoms with Crippen molar-refractivity contribution in [3.05, 3.63) is 34.9 Å². The van der Waals surface area contributed by atoms with E-state index in [1.54, 1.807) is 17.0 Å². The van der Waals surface area contributed by atoms with Gasteiger partial charge in [-0.1, -0.05) is 26.0 Å². The Hall–Kier alpha value is -1.88. The highest BCUT2D eigenvalue weighted by Crippen LogP contribution is 2.25. The molecule has 0 radical (unpaired) electrons. The van der Waals surface area contributed by atoms with Crippen LogP contribution in [0.3, 0.4) is 0 Å². The second-order valence-electron chi connectivity index (χ2n) is 5.88. The minimum atomic E-state index is -0.541. The maximum absolute atomic E-state index is 12.4. The highest BCUT2D eigenvalue weighted by Gasteiger charge is 2.30. The van der Waals surface area contributed by atoms with E-state index in [1.807, 2.05) is 6.07 Å². The van der Waals surface area contributed by atoms with Gasteiger partial charge in [-0.15, -0.1) is 0 Å². The number of hydrogen-bond donors (Lipinski definition) is 2. The number of nitrogens with two attached hydrogens (primary N) is 1. The average Bonchev–Trinajstić information content (AvgIpc) is 2.75. The molecule has 1 aromatic rings. The monoisotopic (exact) mass is 289 g/mol. The van der Waals surface area contributed by atoms with Crippen molar-refractivity contribution >= 4 is 11.8 Å². The summed E-state index contributed by atoms with van der Waals surface area (Å²) in [4.78, 5) is 25.6. The molecule has 1 aliphatic heterocycles. The van der Waals surface area contributed by atoms with Crippen molar-refractivity contribution < 1.29 is 9.59 Å². The van der Waals surface area contributed by atoms with E-state index >= 15 is 0 Å². The van der Waals surface area contributed by atoms with Gasteiger partial charge in [0.1, 0.15) is 0 Å². The number of primary amides is 1. The van der Waals surface area contributed by atoms with Crippen LogP contribution in [0.4, 0.5) is 0 Å². The molecule has 0 saturated heterocycles. The van der Waals surface area contributed by atoms with Gasteiger partial charge < -0.3 is 16.0 Å². The maximum atomic E-state index is 12.4. The molecule has 5 heteroatoms. The molecule has 1 aromatic carbocycles. The van der Waals surface area contributed by atoms with Gasteiger partial charge in [-0.05, 0) is 37.1 Å². The van der Waals surface area contributed by atoms with Crippen molar-refractivity contribution in [1.29, 1.82) is 0 Å². The van der Waals surface area contributed by atoms with E-state index in [1.165, 1.54) is 0 Å². The maximum Gasteiger partial charge on any atom is 0.255 e. The number of fused-ring (bicyclic) bond motifs is 1. The molecule has 1 heterocycles. The van der Waals surface area contributed by atoms with Gasteiger partial charge in [-0.25, -0.2) is 0 Å². The first-order valence-electron chi connectivity index (χ1n) is 7.42. The number of benzene rings is 1. The lowest BCUT2D eigenvalue weighted by Gasteiger charge is -2.16. The van der Waals surface area contributed by atoms with Crippen LogP contribution < -0.4 is 11.1 Å². The second-order valence-corrected chi connectivity index (χ2v) is 5.88. The summed E-state index contributed by atoms with van der Waals surface area (Å²) in [6.45, 7) is 7.47. The molecular weight excluding hydrogens is 266 g/mol. The Balaban J connectivity index is 1.93. The first-order chi connectivity index (χ1) is 10.0. The van der Waals surface area contributed by atoms with Crippen LogP contribution in [-0.2, 0) is 6.54 Å². The predicted octanol–water partition coefficient (Wildman–Crippen LogP) is 1.38. The fourth-order valence-electron chi connectivity index (χ4n) is 2.59. The summed E-state index contributed by atoms with van der Waals surface area (Å²) >= 11 is 0. The molecule has 114 valence electrons. The summed E-state index contributed by atoms with van der Waals surface area (Å²) in [5.41, 5.74) is 7.06. The van der Waals surface area contributed by atoms with E-state index in [0.717, 1.165) is 25.1 Å². The van der Waals surface area contributed by atoms with Crippen LogP contribution in [0.15, 0.2) is 18.2 Å².